The number of nitrogens with zero attached hydrogens (tertiary/aromatic N) is 2. The molecular weight excluding hydrogens is 406 g/mol. The zero-order valence-corrected chi connectivity index (χ0v) is 16.4. The molecule has 5 nitrogen and oxygen atoms in total. The summed E-state index contributed by atoms with van der Waals surface area (Å²) in [5.41, 5.74) is 0.866. The van der Waals surface area contributed by atoms with Gasteiger partial charge in [0.15, 0.2) is 0 Å². The summed E-state index contributed by atoms with van der Waals surface area (Å²) in [6, 6.07) is 8.38. The number of amides is 2. The van der Waals surface area contributed by atoms with E-state index in [0.717, 1.165) is 42.5 Å². The summed E-state index contributed by atoms with van der Waals surface area (Å²) in [6.07, 6.45) is 3.54. The molecule has 0 aliphatic carbocycles. The number of halogens is 2. The van der Waals surface area contributed by atoms with Gasteiger partial charge < -0.3 is 15.1 Å². The third kappa shape index (κ3) is 3.57. The van der Waals surface area contributed by atoms with Crippen LogP contribution in [0.4, 0.5) is 5.69 Å². The van der Waals surface area contributed by atoms with Crippen molar-refractivity contribution >= 4 is 45.8 Å². The number of rotatable bonds is 2. The molecule has 2 bridgehead atoms. The Bertz CT molecular complexity index is 657. The monoisotopic (exact) mass is 427 g/mol. The van der Waals surface area contributed by atoms with Gasteiger partial charge in [0, 0.05) is 41.8 Å². The molecule has 1 aromatic carbocycles. The smallest absolute Gasteiger partial charge is 0.228 e. The van der Waals surface area contributed by atoms with Crippen LogP contribution in [-0.2, 0) is 9.59 Å². The summed E-state index contributed by atoms with van der Waals surface area (Å²) in [6.45, 7) is 2.37. The van der Waals surface area contributed by atoms with E-state index in [9.17, 15) is 9.59 Å². The maximum atomic E-state index is 13.1. The fourth-order valence-corrected chi connectivity index (χ4v) is 4.71. The van der Waals surface area contributed by atoms with E-state index in [2.05, 4.69) is 26.1 Å². The van der Waals surface area contributed by atoms with Crippen molar-refractivity contribution in [1.82, 2.24) is 10.2 Å². The van der Waals surface area contributed by atoms with Crippen molar-refractivity contribution in [1.29, 1.82) is 0 Å². The molecule has 3 saturated heterocycles. The number of fused-ring (bicyclic) bond motifs is 2. The predicted octanol–water partition coefficient (Wildman–Crippen LogP) is 2.58. The van der Waals surface area contributed by atoms with Gasteiger partial charge in [-0.2, -0.15) is 0 Å². The molecule has 3 heterocycles. The Morgan fingerprint density at radius 1 is 1.20 bits per heavy atom. The third-order valence-corrected chi connectivity index (χ3v) is 6.00. The Balaban J connectivity index is 0.00000182. The number of carbonyl (C=O) groups is 2. The second-order valence-electron chi connectivity index (χ2n) is 7.01. The number of anilines is 1. The van der Waals surface area contributed by atoms with Gasteiger partial charge in [-0.15, -0.1) is 12.4 Å². The van der Waals surface area contributed by atoms with Crippen molar-refractivity contribution in [3.8, 4) is 0 Å². The van der Waals surface area contributed by atoms with Gasteiger partial charge in [0.2, 0.25) is 11.8 Å². The first-order chi connectivity index (χ1) is 11.6. The molecular formula is C18H23BrClN3O2. The van der Waals surface area contributed by atoms with Gasteiger partial charge >= 0.3 is 0 Å². The first kappa shape index (κ1) is 18.7. The van der Waals surface area contributed by atoms with E-state index in [1.807, 2.05) is 24.3 Å². The molecule has 3 fully saturated rings. The van der Waals surface area contributed by atoms with Crippen LogP contribution in [0, 0.1) is 5.92 Å². The lowest BCUT2D eigenvalue weighted by Crippen LogP contribution is -2.46. The maximum absolute atomic E-state index is 13.1. The highest BCUT2D eigenvalue weighted by atomic mass is 79.9. The number of benzene rings is 1. The van der Waals surface area contributed by atoms with Crippen LogP contribution in [0.15, 0.2) is 28.7 Å². The second-order valence-corrected chi connectivity index (χ2v) is 7.92. The molecule has 0 spiro atoms. The van der Waals surface area contributed by atoms with Gasteiger partial charge in [-0.1, -0.05) is 22.0 Å². The molecule has 3 aliphatic heterocycles. The minimum Gasteiger partial charge on any atom is -0.335 e. The van der Waals surface area contributed by atoms with Gasteiger partial charge in [-0.05, 0) is 44.0 Å². The summed E-state index contributed by atoms with van der Waals surface area (Å²) in [5.74, 6) is 0.0153. The Kier molecular flexibility index (Phi) is 5.71. The van der Waals surface area contributed by atoms with Gasteiger partial charge in [-0.25, -0.2) is 0 Å². The van der Waals surface area contributed by atoms with Crippen LogP contribution in [0.2, 0.25) is 0 Å². The highest BCUT2D eigenvalue weighted by Gasteiger charge is 2.44. The first-order valence-corrected chi connectivity index (χ1v) is 9.51. The van der Waals surface area contributed by atoms with E-state index in [-0.39, 0.29) is 30.1 Å². The van der Waals surface area contributed by atoms with E-state index in [0.29, 0.717) is 25.0 Å². The standard InChI is InChI=1S/C18H22BrN3O2.ClH/c19-13-2-1-3-15(9-13)21-11-12(8-17(21)23)18(24)22-14-4-5-16(22)10-20-7-6-14;/h1-3,9,12,14,16,20H,4-8,10-11H2;1H. The summed E-state index contributed by atoms with van der Waals surface area (Å²) in [7, 11) is 0. The van der Waals surface area contributed by atoms with Crippen LogP contribution in [0.5, 0.6) is 0 Å². The van der Waals surface area contributed by atoms with E-state index in [1.54, 1.807) is 4.90 Å². The lowest BCUT2D eigenvalue weighted by atomic mass is 10.1. The van der Waals surface area contributed by atoms with E-state index < -0.39 is 0 Å². The van der Waals surface area contributed by atoms with E-state index >= 15 is 0 Å². The Morgan fingerprint density at radius 2 is 2.00 bits per heavy atom. The van der Waals surface area contributed by atoms with Crippen LogP contribution in [-0.4, -0.2) is 48.4 Å². The number of nitrogens with one attached hydrogen (secondary N) is 1. The quantitative estimate of drug-likeness (QED) is 0.788. The average molecular weight is 429 g/mol. The molecule has 0 radical (unpaired) electrons. The van der Waals surface area contributed by atoms with Gasteiger partial charge in [0.1, 0.15) is 0 Å². The molecule has 1 N–H and O–H groups in total. The van der Waals surface area contributed by atoms with Crippen molar-refractivity contribution in [3.63, 3.8) is 0 Å². The van der Waals surface area contributed by atoms with Crippen molar-refractivity contribution < 1.29 is 9.59 Å². The van der Waals surface area contributed by atoms with Crippen LogP contribution in [0.1, 0.15) is 25.7 Å². The van der Waals surface area contributed by atoms with Crippen LogP contribution in [0.3, 0.4) is 0 Å². The van der Waals surface area contributed by atoms with E-state index in [1.165, 1.54) is 0 Å². The SMILES string of the molecule is Cl.O=C1CC(C(=O)N2C3CCNCC2CC3)CN1c1cccc(Br)c1. The van der Waals surface area contributed by atoms with E-state index in [4.69, 9.17) is 0 Å². The lowest BCUT2D eigenvalue weighted by molar-refractivity contribution is -0.138. The zero-order chi connectivity index (χ0) is 16.7. The third-order valence-electron chi connectivity index (χ3n) is 5.50. The normalized spacial score (nSPS) is 28.7. The predicted molar refractivity (Wildman–Crippen MR) is 103 cm³/mol. The van der Waals surface area contributed by atoms with Crippen LogP contribution < -0.4 is 10.2 Å². The zero-order valence-electron chi connectivity index (χ0n) is 14.0. The number of hydrogen-bond donors (Lipinski definition) is 1. The maximum Gasteiger partial charge on any atom is 0.228 e. The molecule has 7 heteroatoms. The fourth-order valence-electron chi connectivity index (χ4n) is 4.32. The molecule has 136 valence electrons. The highest BCUT2D eigenvalue weighted by Crippen LogP contribution is 2.33. The lowest BCUT2D eigenvalue weighted by Gasteiger charge is -2.30. The molecule has 0 saturated carbocycles. The largest absolute Gasteiger partial charge is 0.335 e. The molecule has 3 atom stereocenters. The number of carbonyl (C=O) groups excluding carboxylic acids is 2. The minimum absolute atomic E-state index is 0. The minimum atomic E-state index is -0.210. The van der Waals surface area contributed by atoms with Crippen LogP contribution in [0.25, 0.3) is 0 Å². The van der Waals surface area contributed by atoms with Crippen LogP contribution >= 0.6 is 28.3 Å². The molecule has 3 unspecified atom stereocenters. The van der Waals surface area contributed by atoms with Crippen molar-refractivity contribution in [2.75, 3.05) is 24.5 Å². The first-order valence-electron chi connectivity index (χ1n) is 8.72. The summed E-state index contributed by atoms with van der Waals surface area (Å²) < 4.78 is 0.944. The summed E-state index contributed by atoms with van der Waals surface area (Å²) in [5, 5.41) is 3.43. The average Bonchev–Trinajstić information content (AvgIpc) is 3.05. The molecule has 0 aromatic heterocycles. The fraction of sp³-hybridized carbons (Fsp3) is 0.556. The van der Waals surface area contributed by atoms with Gasteiger partial charge in [-0.3, -0.25) is 9.59 Å². The molecule has 25 heavy (non-hydrogen) atoms. The van der Waals surface area contributed by atoms with Gasteiger partial charge in [0.05, 0.1) is 5.92 Å². The van der Waals surface area contributed by atoms with Crippen molar-refractivity contribution in [2.24, 2.45) is 5.92 Å². The Morgan fingerprint density at radius 3 is 2.80 bits per heavy atom. The van der Waals surface area contributed by atoms with Crippen molar-refractivity contribution in [3.05, 3.63) is 28.7 Å². The second kappa shape index (κ2) is 7.64. The summed E-state index contributed by atoms with van der Waals surface area (Å²) in [4.78, 5) is 29.4. The molecule has 4 rings (SSSR count). The Hall–Kier alpha value is -1.11. The molecule has 1 aromatic rings. The highest BCUT2D eigenvalue weighted by molar-refractivity contribution is 9.10. The topological polar surface area (TPSA) is 52.7 Å². The number of hydrogen-bond acceptors (Lipinski definition) is 3. The Labute approximate surface area is 162 Å². The van der Waals surface area contributed by atoms with Crippen molar-refractivity contribution in [2.45, 2.75) is 37.8 Å². The molecule has 2 amide bonds. The molecule has 3 aliphatic rings. The van der Waals surface area contributed by atoms with Gasteiger partial charge in [0.25, 0.3) is 0 Å². The summed E-state index contributed by atoms with van der Waals surface area (Å²) >= 11 is 3.45.